The van der Waals surface area contributed by atoms with Crippen LogP contribution in [-0.4, -0.2) is 29.8 Å². The molecular weight excluding hydrogens is 284 g/mol. The molecule has 0 spiro atoms. The summed E-state index contributed by atoms with van der Waals surface area (Å²) in [7, 11) is 0. The van der Waals surface area contributed by atoms with E-state index in [2.05, 4.69) is 18.8 Å². The Morgan fingerprint density at radius 3 is 2.81 bits per heavy atom. The third-order valence-corrected chi connectivity index (χ3v) is 3.67. The molecule has 0 bridgehead atoms. The Balaban J connectivity index is 2.01. The van der Waals surface area contributed by atoms with Gasteiger partial charge in [0, 0.05) is 12.3 Å². The minimum absolute atomic E-state index is 0.342. The first kappa shape index (κ1) is 16.2. The van der Waals surface area contributed by atoms with Crippen LogP contribution in [0.15, 0.2) is 6.07 Å². The van der Waals surface area contributed by atoms with Gasteiger partial charge in [-0.3, -0.25) is 0 Å². The van der Waals surface area contributed by atoms with Crippen LogP contribution in [0.5, 0.6) is 5.88 Å². The van der Waals surface area contributed by atoms with Gasteiger partial charge >= 0.3 is 0 Å². The zero-order valence-electron chi connectivity index (χ0n) is 12.9. The Morgan fingerprint density at radius 2 is 2.10 bits per heavy atom. The molecule has 5 heteroatoms. The zero-order valence-corrected chi connectivity index (χ0v) is 13.7. The number of rotatable bonds is 7. The van der Waals surface area contributed by atoms with E-state index in [9.17, 15) is 0 Å². The Hall–Kier alpha value is -1.20. The fourth-order valence-electron chi connectivity index (χ4n) is 2.42. The third kappa shape index (κ3) is 4.64. The normalized spacial score (nSPS) is 14.0. The molecular formula is C16H24N2O2S. The second-order valence-corrected chi connectivity index (χ2v) is 6.28. The molecule has 0 fully saturated rings. The molecule has 0 radical (unpaired) electrons. The van der Waals surface area contributed by atoms with E-state index in [0.29, 0.717) is 30.0 Å². The standard InChI is InChI=1S/C16H24N2O2S/c1-11(2)10-19-7-8-20-16-13(15(17)21)9-12-5-3-4-6-14(12)18-16/h9,11H,3-8,10H2,1-2H3,(H2,17,21). The highest BCUT2D eigenvalue weighted by Crippen LogP contribution is 2.26. The number of aryl methyl sites for hydroxylation is 2. The van der Waals surface area contributed by atoms with Gasteiger partial charge in [0.05, 0.1) is 12.2 Å². The predicted molar refractivity (Wildman–Crippen MR) is 87.9 cm³/mol. The number of hydrogen-bond acceptors (Lipinski definition) is 4. The number of nitrogens with zero attached hydrogens (tertiary/aromatic N) is 1. The first-order valence-corrected chi connectivity index (χ1v) is 8.02. The van der Waals surface area contributed by atoms with Crippen molar-refractivity contribution in [2.75, 3.05) is 19.8 Å². The van der Waals surface area contributed by atoms with Crippen LogP contribution in [0.4, 0.5) is 0 Å². The molecule has 0 unspecified atom stereocenters. The Labute approximate surface area is 132 Å². The first-order valence-electron chi connectivity index (χ1n) is 7.61. The number of pyridine rings is 1. The average Bonchev–Trinajstić information content (AvgIpc) is 2.45. The Kier molecular flexibility index (Phi) is 5.94. The van der Waals surface area contributed by atoms with Gasteiger partial charge in [-0.25, -0.2) is 4.98 Å². The molecule has 0 saturated heterocycles. The quantitative estimate of drug-likeness (QED) is 0.620. The molecule has 4 nitrogen and oxygen atoms in total. The van der Waals surface area contributed by atoms with Crippen LogP contribution in [0.2, 0.25) is 0 Å². The van der Waals surface area contributed by atoms with Gasteiger partial charge in [0.1, 0.15) is 11.6 Å². The molecule has 2 rings (SSSR count). The second-order valence-electron chi connectivity index (χ2n) is 5.84. The average molecular weight is 308 g/mol. The molecule has 0 aromatic carbocycles. The van der Waals surface area contributed by atoms with E-state index in [1.807, 2.05) is 6.07 Å². The molecule has 0 atom stereocenters. The molecule has 1 aliphatic rings. The lowest BCUT2D eigenvalue weighted by Crippen LogP contribution is -2.18. The third-order valence-electron chi connectivity index (χ3n) is 3.45. The number of fused-ring (bicyclic) bond motifs is 1. The lowest BCUT2D eigenvalue weighted by Gasteiger charge is -2.18. The number of nitrogens with two attached hydrogens (primary N) is 1. The summed E-state index contributed by atoms with van der Waals surface area (Å²) in [6.45, 7) is 6.00. The summed E-state index contributed by atoms with van der Waals surface area (Å²) in [5, 5.41) is 0. The topological polar surface area (TPSA) is 57.4 Å². The summed E-state index contributed by atoms with van der Waals surface area (Å²) < 4.78 is 11.3. The van der Waals surface area contributed by atoms with Gasteiger partial charge in [-0.2, -0.15) is 0 Å². The highest BCUT2D eigenvalue weighted by Gasteiger charge is 2.17. The van der Waals surface area contributed by atoms with Gasteiger partial charge in [-0.05, 0) is 43.2 Å². The van der Waals surface area contributed by atoms with Crippen molar-refractivity contribution in [3.05, 3.63) is 22.9 Å². The van der Waals surface area contributed by atoms with Gasteiger partial charge in [0.2, 0.25) is 5.88 Å². The van der Waals surface area contributed by atoms with E-state index in [4.69, 9.17) is 27.4 Å². The molecule has 1 aromatic heterocycles. The molecule has 0 saturated carbocycles. The van der Waals surface area contributed by atoms with E-state index in [0.717, 1.165) is 30.7 Å². The zero-order chi connectivity index (χ0) is 15.2. The van der Waals surface area contributed by atoms with Crippen molar-refractivity contribution in [1.29, 1.82) is 0 Å². The molecule has 2 N–H and O–H groups in total. The monoisotopic (exact) mass is 308 g/mol. The molecule has 1 aliphatic carbocycles. The largest absolute Gasteiger partial charge is 0.475 e. The molecule has 1 heterocycles. The van der Waals surface area contributed by atoms with Crippen molar-refractivity contribution in [3.8, 4) is 5.88 Å². The van der Waals surface area contributed by atoms with Gasteiger partial charge in [0.25, 0.3) is 0 Å². The SMILES string of the molecule is CC(C)COCCOc1nc2c(cc1C(N)=S)CCCC2. The summed E-state index contributed by atoms with van der Waals surface area (Å²) in [4.78, 5) is 4.96. The van der Waals surface area contributed by atoms with E-state index < -0.39 is 0 Å². The van der Waals surface area contributed by atoms with Crippen LogP contribution in [0, 0.1) is 5.92 Å². The van der Waals surface area contributed by atoms with Crippen molar-refractivity contribution in [2.45, 2.75) is 39.5 Å². The molecule has 1 aromatic rings. The van der Waals surface area contributed by atoms with Gasteiger partial charge in [0.15, 0.2) is 0 Å². The van der Waals surface area contributed by atoms with Crippen molar-refractivity contribution in [3.63, 3.8) is 0 Å². The van der Waals surface area contributed by atoms with E-state index in [-0.39, 0.29) is 0 Å². The number of ether oxygens (including phenoxy) is 2. The Morgan fingerprint density at radius 1 is 1.33 bits per heavy atom. The van der Waals surface area contributed by atoms with Crippen LogP contribution >= 0.6 is 12.2 Å². The predicted octanol–water partition coefficient (Wildman–Crippen LogP) is 2.65. The van der Waals surface area contributed by atoms with E-state index >= 15 is 0 Å². The fourth-order valence-corrected chi connectivity index (χ4v) is 2.56. The van der Waals surface area contributed by atoms with Crippen LogP contribution in [0.1, 0.15) is 43.5 Å². The molecule has 0 amide bonds. The van der Waals surface area contributed by atoms with Crippen LogP contribution in [0.25, 0.3) is 0 Å². The summed E-state index contributed by atoms with van der Waals surface area (Å²) in [6.07, 6.45) is 4.45. The number of thiocarbonyl (C=S) groups is 1. The molecule has 116 valence electrons. The van der Waals surface area contributed by atoms with E-state index in [1.165, 1.54) is 18.4 Å². The molecule has 0 aliphatic heterocycles. The summed E-state index contributed by atoms with van der Waals surface area (Å²) in [5.41, 5.74) is 8.92. The maximum Gasteiger partial charge on any atom is 0.224 e. The minimum atomic E-state index is 0.342. The van der Waals surface area contributed by atoms with Gasteiger partial charge in [-0.15, -0.1) is 0 Å². The summed E-state index contributed by atoms with van der Waals surface area (Å²) >= 11 is 5.12. The number of aromatic nitrogens is 1. The van der Waals surface area contributed by atoms with E-state index in [1.54, 1.807) is 0 Å². The number of hydrogen-bond donors (Lipinski definition) is 1. The highest BCUT2D eigenvalue weighted by atomic mass is 32.1. The highest BCUT2D eigenvalue weighted by molar-refractivity contribution is 7.80. The fraction of sp³-hybridized carbons (Fsp3) is 0.625. The van der Waals surface area contributed by atoms with Crippen LogP contribution < -0.4 is 10.5 Å². The lowest BCUT2D eigenvalue weighted by atomic mass is 9.95. The van der Waals surface area contributed by atoms with Crippen molar-refractivity contribution < 1.29 is 9.47 Å². The smallest absolute Gasteiger partial charge is 0.224 e. The van der Waals surface area contributed by atoms with Crippen LogP contribution in [0.3, 0.4) is 0 Å². The first-order chi connectivity index (χ1) is 10.1. The maximum atomic E-state index is 5.80. The maximum absolute atomic E-state index is 5.80. The minimum Gasteiger partial charge on any atom is -0.475 e. The van der Waals surface area contributed by atoms with Crippen LogP contribution in [-0.2, 0) is 17.6 Å². The van der Waals surface area contributed by atoms with Crippen molar-refractivity contribution >= 4 is 17.2 Å². The van der Waals surface area contributed by atoms with Crippen molar-refractivity contribution in [2.24, 2.45) is 11.7 Å². The van der Waals surface area contributed by atoms with Crippen molar-refractivity contribution in [1.82, 2.24) is 4.98 Å². The van der Waals surface area contributed by atoms with Gasteiger partial charge < -0.3 is 15.2 Å². The second kappa shape index (κ2) is 7.71. The van der Waals surface area contributed by atoms with Gasteiger partial charge in [-0.1, -0.05) is 26.1 Å². The summed E-state index contributed by atoms with van der Waals surface area (Å²) in [5.74, 6) is 1.08. The Bertz CT molecular complexity index is 503. The lowest BCUT2D eigenvalue weighted by molar-refractivity contribution is 0.0805. The summed E-state index contributed by atoms with van der Waals surface area (Å²) in [6, 6.07) is 2.05. The molecule has 21 heavy (non-hydrogen) atoms.